The lowest BCUT2D eigenvalue weighted by Crippen LogP contribution is -2.61. The number of anilines is 2. The molecule has 1 aliphatic heterocycles. The predicted octanol–water partition coefficient (Wildman–Crippen LogP) is 1.07. The van der Waals surface area contributed by atoms with E-state index in [-0.39, 0.29) is 18.7 Å². The molecular weight excluding hydrogens is 547 g/mol. The van der Waals surface area contributed by atoms with E-state index >= 15 is 0 Å². The number of halogens is 3. The molecule has 4 rings (SSSR count). The number of aromatic nitrogens is 2. The van der Waals surface area contributed by atoms with Crippen LogP contribution in [0.2, 0.25) is 0 Å². The summed E-state index contributed by atoms with van der Waals surface area (Å²) in [5.74, 6) is -1.92. The normalized spacial score (nSPS) is 17.0. The first-order chi connectivity index (χ1) is 18.2. The Balaban J connectivity index is 1.82. The second-order valence-corrected chi connectivity index (χ2v) is 10.1. The number of nitrogens with zero attached hydrogens (tertiary/aromatic N) is 1. The number of nitrogen functional groups attached to an aromatic ring is 1. The summed E-state index contributed by atoms with van der Waals surface area (Å²) >= 11 is 0. The van der Waals surface area contributed by atoms with Gasteiger partial charge in [0.2, 0.25) is 15.6 Å². The minimum Gasteiger partial charge on any atom is -0.493 e. The lowest BCUT2D eigenvalue weighted by molar-refractivity contribution is -0.194. The van der Waals surface area contributed by atoms with Crippen molar-refractivity contribution in [1.82, 2.24) is 14.3 Å². The van der Waals surface area contributed by atoms with Crippen molar-refractivity contribution in [2.45, 2.75) is 29.6 Å². The van der Waals surface area contributed by atoms with E-state index < -0.39 is 55.2 Å². The molecule has 0 fully saturated rings. The third kappa shape index (κ3) is 4.72. The van der Waals surface area contributed by atoms with Crippen molar-refractivity contribution in [3.63, 3.8) is 0 Å². The lowest BCUT2D eigenvalue weighted by Gasteiger charge is -2.29. The molecule has 1 atom stereocenters. The Morgan fingerprint density at radius 2 is 1.67 bits per heavy atom. The van der Waals surface area contributed by atoms with Crippen molar-refractivity contribution in [3.8, 4) is 11.5 Å². The van der Waals surface area contributed by atoms with Gasteiger partial charge in [-0.1, -0.05) is 6.07 Å². The van der Waals surface area contributed by atoms with Gasteiger partial charge in [-0.15, -0.1) is 0 Å². The number of fused-ring (bicyclic) bond motifs is 1. The molecule has 5 N–H and O–H groups in total. The molecule has 39 heavy (non-hydrogen) atoms. The Labute approximate surface area is 218 Å². The minimum atomic E-state index is -5.64. The van der Waals surface area contributed by atoms with Gasteiger partial charge in [-0.25, -0.2) is 13.2 Å². The van der Waals surface area contributed by atoms with E-state index in [4.69, 9.17) is 15.2 Å². The van der Waals surface area contributed by atoms with E-state index in [1.54, 1.807) is 23.2 Å². The Bertz CT molecular complexity index is 1670. The maximum absolute atomic E-state index is 14.6. The summed E-state index contributed by atoms with van der Waals surface area (Å²) in [6.07, 6.45) is -5.59. The molecule has 1 amide bonds. The number of carbonyl (C=O) groups excluding carboxylic acids is 1. The van der Waals surface area contributed by atoms with Crippen LogP contribution in [0.1, 0.15) is 11.1 Å². The number of H-pyrrole nitrogens is 1. The zero-order valence-electron chi connectivity index (χ0n) is 20.4. The topological polar surface area (TPSA) is 175 Å². The van der Waals surface area contributed by atoms with Crippen LogP contribution in [0.3, 0.4) is 0 Å². The SMILES string of the molecule is COc1ccc(CCn2c3c(c(=O)[nH]c2=O)C(NS(=O)(=O)c2ccc(N)cc2)(C(F)(F)F)C(=O)N3)cc1OC. The third-order valence-corrected chi connectivity index (χ3v) is 7.59. The molecule has 1 aliphatic rings. The van der Waals surface area contributed by atoms with Gasteiger partial charge in [-0.2, -0.15) is 17.9 Å². The van der Waals surface area contributed by atoms with Crippen LogP contribution < -0.4 is 36.5 Å². The van der Waals surface area contributed by atoms with E-state index in [1.165, 1.54) is 18.9 Å². The highest BCUT2D eigenvalue weighted by Gasteiger charge is 2.69. The molecule has 16 heteroatoms. The number of methoxy groups -OCH3 is 2. The molecule has 0 radical (unpaired) electrons. The zero-order chi connectivity index (χ0) is 28.8. The number of rotatable bonds is 8. The number of nitrogens with one attached hydrogen (secondary N) is 3. The summed E-state index contributed by atoms with van der Waals surface area (Å²) in [6.45, 7) is -0.299. The first-order valence-electron chi connectivity index (χ1n) is 11.1. The molecular formula is C23H22F3N5O7S. The fraction of sp³-hybridized carbons (Fsp3) is 0.261. The third-order valence-electron chi connectivity index (χ3n) is 6.12. The average molecular weight is 570 g/mol. The maximum Gasteiger partial charge on any atom is 0.421 e. The Kier molecular flexibility index (Phi) is 6.95. The zero-order valence-corrected chi connectivity index (χ0v) is 21.2. The van der Waals surface area contributed by atoms with E-state index in [1.807, 2.05) is 5.32 Å². The number of carbonyl (C=O) groups is 1. The smallest absolute Gasteiger partial charge is 0.421 e. The summed E-state index contributed by atoms with van der Waals surface area (Å²) in [7, 11) is -2.21. The van der Waals surface area contributed by atoms with Crippen LogP contribution >= 0.6 is 0 Å². The number of ether oxygens (including phenoxy) is 2. The molecule has 2 aromatic carbocycles. The van der Waals surface area contributed by atoms with Crippen LogP contribution in [0.5, 0.6) is 11.5 Å². The molecule has 0 spiro atoms. The Morgan fingerprint density at radius 1 is 1.03 bits per heavy atom. The largest absolute Gasteiger partial charge is 0.493 e. The van der Waals surface area contributed by atoms with Crippen molar-refractivity contribution >= 4 is 27.4 Å². The summed E-state index contributed by atoms with van der Waals surface area (Å²) in [4.78, 5) is 39.4. The maximum atomic E-state index is 14.6. The van der Waals surface area contributed by atoms with Crippen molar-refractivity contribution in [1.29, 1.82) is 0 Å². The molecule has 0 bridgehead atoms. The first-order valence-corrected chi connectivity index (χ1v) is 12.6. The molecule has 2 heterocycles. The fourth-order valence-corrected chi connectivity index (χ4v) is 5.51. The molecule has 12 nitrogen and oxygen atoms in total. The molecule has 208 valence electrons. The van der Waals surface area contributed by atoms with Crippen LogP contribution in [0.25, 0.3) is 0 Å². The highest BCUT2D eigenvalue weighted by Crippen LogP contribution is 2.46. The highest BCUT2D eigenvalue weighted by atomic mass is 32.2. The highest BCUT2D eigenvalue weighted by molar-refractivity contribution is 7.89. The Hall–Kier alpha value is -4.31. The quantitative estimate of drug-likeness (QED) is 0.291. The average Bonchev–Trinajstić information content (AvgIpc) is 3.16. The van der Waals surface area contributed by atoms with Crippen LogP contribution in [0, 0.1) is 0 Å². The van der Waals surface area contributed by atoms with E-state index in [9.17, 15) is 36.0 Å². The van der Waals surface area contributed by atoms with Gasteiger partial charge < -0.3 is 20.5 Å². The lowest BCUT2D eigenvalue weighted by atomic mass is 9.93. The van der Waals surface area contributed by atoms with Gasteiger partial charge in [0.1, 0.15) is 5.82 Å². The number of hydrogen-bond acceptors (Lipinski definition) is 8. The number of hydrogen-bond donors (Lipinski definition) is 4. The summed E-state index contributed by atoms with van der Waals surface area (Å²) in [5.41, 5.74) is -1.82. The van der Waals surface area contributed by atoms with Crippen molar-refractivity contribution in [3.05, 3.63) is 74.4 Å². The number of benzene rings is 2. The number of amides is 1. The molecule has 0 aliphatic carbocycles. The van der Waals surface area contributed by atoms with Crippen molar-refractivity contribution in [2.24, 2.45) is 0 Å². The van der Waals surface area contributed by atoms with Crippen LogP contribution in [0.4, 0.5) is 24.7 Å². The summed E-state index contributed by atoms with van der Waals surface area (Å²) in [5, 5.41) is 1.90. The van der Waals surface area contributed by atoms with Crippen LogP contribution in [-0.4, -0.2) is 44.3 Å². The van der Waals surface area contributed by atoms with Crippen molar-refractivity contribution in [2.75, 3.05) is 25.3 Å². The number of nitrogens with two attached hydrogens (primary N) is 1. The van der Waals surface area contributed by atoms with Crippen LogP contribution in [-0.2, 0) is 33.3 Å². The van der Waals surface area contributed by atoms with Gasteiger partial charge in [-0.3, -0.25) is 19.1 Å². The molecule has 0 saturated heterocycles. The van der Waals surface area contributed by atoms with Gasteiger partial charge in [-0.05, 0) is 48.4 Å². The molecule has 0 saturated carbocycles. The van der Waals surface area contributed by atoms with Gasteiger partial charge in [0.15, 0.2) is 11.5 Å². The predicted molar refractivity (Wildman–Crippen MR) is 132 cm³/mol. The number of aryl methyl sites for hydroxylation is 1. The molecule has 1 unspecified atom stereocenters. The minimum absolute atomic E-state index is 0.0464. The summed E-state index contributed by atoms with van der Waals surface area (Å²) < 4.78 is 82.2. The number of alkyl halides is 3. The fourth-order valence-electron chi connectivity index (χ4n) is 4.19. The monoisotopic (exact) mass is 569 g/mol. The Morgan fingerprint density at radius 3 is 2.26 bits per heavy atom. The van der Waals surface area contributed by atoms with Crippen LogP contribution in [0.15, 0.2) is 56.9 Å². The van der Waals surface area contributed by atoms with E-state index in [0.717, 1.165) is 28.8 Å². The standard InChI is InChI=1S/C23H22F3N5O7S/c1-37-15-8-3-12(11-16(15)38-2)9-10-31-18-17(19(32)29-21(31)34)22(20(33)28-18,23(24,25)26)30-39(35,36)14-6-4-13(27)5-7-14/h3-8,11,30H,9-10,27H2,1-2H3,(H,28,33)(H,29,32,34). The van der Waals surface area contributed by atoms with Gasteiger partial charge >= 0.3 is 11.9 Å². The van der Waals surface area contributed by atoms with Gasteiger partial charge in [0.05, 0.1) is 24.7 Å². The summed E-state index contributed by atoms with van der Waals surface area (Å²) in [6, 6.07) is 8.92. The van der Waals surface area contributed by atoms with Gasteiger partial charge in [0.25, 0.3) is 11.5 Å². The molecule has 1 aromatic heterocycles. The number of aromatic amines is 1. The second-order valence-electron chi connectivity index (χ2n) is 8.45. The van der Waals surface area contributed by atoms with E-state index in [2.05, 4.69) is 0 Å². The second kappa shape index (κ2) is 9.77. The molecule has 3 aromatic rings. The van der Waals surface area contributed by atoms with Gasteiger partial charge in [0, 0.05) is 12.2 Å². The number of sulfonamides is 1. The first kappa shape index (κ1) is 27.7. The van der Waals surface area contributed by atoms with E-state index in [0.29, 0.717) is 17.1 Å². The van der Waals surface area contributed by atoms with Crippen molar-refractivity contribution < 1.29 is 35.9 Å².